The van der Waals surface area contributed by atoms with Crippen molar-refractivity contribution < 1.29 is 110 Å². The second-order valence-corrected chi connectivity index (χ2v) is 20.8. The lowest BCUT2D eigenvalue weighted by Gasteiger charge is -2.52. The Balaban J connectivity index is 1.44. The zero-order chi connectivity index (χ0) is 62.7. The molecule has 0 radical (unpaired) electrons. The third kappa shape index (κ3) is 18.5. The highest BCUT2D eigenvalue weighted by Gasteiger charge is 2.59. The standard InChI is InChI=1S/C63H71NO23/c1-8-9-32-64-33-47(78-38(4)66)52(51(46(64)34-75-58(71)42-22-14-10-15-23-42)86-62-56(81-41(7)69)54(80-40(6)68)50(37(3)77-62)79-39(5)67)87-63-57(85-61(74)45-28-20-13-21-29-45)55(83-49(70)31-30-36(2)65)53(84-60(73)44-26-18-12-19-27-44)48(82-63)35-76-59(72)43-24-16-11-17-25-43/h10-29,37,46-48,50-57,62-63H,8-9,30-35H2,1-7H3/t37-,46+,47-,48+,50+,51+,52+,53-,54+,55-,56-,57+,62-,63-/m0/s1. The number of rotatable bonds is 25. The van der Waals surface area contributed by atoms with Crippen LogP contribution in [0, 0.1) is 0 Å². The predicted molar refractivity (Wildman–Crippen MR) is 300 cm³/mol. The fourth-order valence-electron chi connectivity index (χ4n) is 10.1. The fourth-order valence-corrected chi connectivity index (χ4v) is 10.1. The van der Waals surface area contributed by atoms with E-state index in [1.54, 1.807) is 77.7 Å². The number of carbonyl (C=O) groups is 10. The van der Waals surface area contributed by atoms with Gasteiger partial charge in [0, 0.05) is 40.7 Å². The molecular weight excluding hydrogens is 1140 g/mol. The minimum absolute atomic E-state index is 0.00914. The summed E-state index contributed by atoms with van der Waals surface area (Å²) in [5.41, 5.74) is 0.239. The summed E-state index contributed by atoms with van der Waals surface area (Å²) >= 11 is 0. The Morgan fingerprint density at radius 2 is 0.874 bits per heavy atom. The topological polar surface area (TPSA) is 294 Å². The minimum Gasteiger partial charge on any atom is -0.460 e. The fraction of sp³-hybridized carbons (Fsp3) is 0.460. The maximum Gasteiger partial charge on any atom is 0.338 e. The van der Waals surface area contributed by atoms with Crippen LogP contribution in [0.4, 0.5) is 0 Å². The van der Waals surface area contributed by atoms with E-state index in [1.165, 1.54) is 62.4 Å². The number of likely N-dealkylation sites (tertiary alicyclic amines) is 1. The van der Waals surface area contributed by atoms with Crippen LogP contribution >= 0.6 is 0 Å². The molecule has 87 heavy (non-hydrogen) atoms. The van der Waals surface area contributed by atoms with Gasteiger partial charge in [0.25, 0.3) is 0 Å². The third-order valence-corrected chi connectivity index (χ3v) is 14.1. The Morgan fingerprint density at radius 3 is 1.37 bits per heavy atom. The summed E-state index contributed by atoms with van der Waals surface area (Å²) in [6, 6.07) is 29.9. The second-order valence-electron chi connectivity index (χ2n) is 20.8. The molecular formula is C63H71NO23. The lowest BCUT2D eigenvalue weighted by Crippen LogP contribution is -2.70. The summed E-state index contributed by atoms with van der Waals surface area (Å²) in [5, 5.41) is 0. The van der Waals surface area contributed by atoms with Crippen molar-refractivity contribution in [2.45, 2.75) is 160 Å². The van der Waals surface area contributed by atoms with Gasteiger partial charge in [-0.3, -0.25) is 28.9 Å². The van der Waals surface area contributed by atoms with Crippen LogP contribution in [0.15, 0.2) is 121 Å². The number of nitrogens with zero attached hydrogens (tertiary/aromatic N) is 1. The van der Waals surface area contributed by atoms with Crippen LogP contribution in [0.1, 0.15) is 116 Å². The Bertz CT molecular complexity index is 3000. The van der Waals surface area contributed by atoms with E-state index < -0.39 is 165 Å². The number of piperidine rings is 1. The highest BCUT2D eigenvalue weighted by Crippen LogP contribution is 2.38. The van der Waals surface area contributed by atoms with Gasteiger partial charge in [-0.1, -0.05) is 86.1 Å². The number of ether oxygens (including phenoxy) is 13. The molecule has 0 aromatic heterocycles. The number of unbranched alkanes of at least 4 members (excludes halogenated alkanes) is 1. The van der Waals surface area contributed by atoms with Crippen molar-refractivity contribution in [1.29, 1.82) is 0 Å². The van der Waals surface area contributed by atoms with Gasteiger partial charge < -0.3 is 66.4 Å². The summed E-state index contributed by atoms with van der Waals surface area (Å²) in [6.07, 6.45) is -21.9. The van der Waals surface area contributed by atoms with Crippen molar-refractivity contribution in [2.75, 3.05) is 26.3 Å². The second kappa shape index (κ2) is 31.8. The molecule has 3 aliphatic rings. The molecule has 466 valence electrons. The largest absolute Gasteiger partial charge is 0.460 e. The van der Waals surface area contributed by atoms with Gasteiger partial charge in [0.1, 0.15) is 43.4 Å². The zero-order valence-electron chi connectivity index (χ0n) is 49.1. The third-order valence-electron chi connectivity index (χ3n) is 14.1. The average Bonchev–Trinajstić information content (AvgIpc) is 0.881. The molecule has 4 aromatic rings. The van der Waals surface area contributed by atoms with Crippen molar-refractivity contribution in [3.63, 3.8) is 0 Å². The average molecular weight is 1210 g/mol. The van der Waals surface area contributed by atoms with Crippen LogP contribution < -0.4 is 0 Å². The molecule has 0 aliphatic carbocycles. The number of carbonyl (C=O) groups excluding carboxylic acids is 10. The number of benzene rings is 4. The summed E-state index contributed by atoms with van der Waals surface area (Å²) in [5.74, 6) is -8.60. The van der Waals surface area contributed by atoms with Crippen LogP contribution in [0.5, 0.6) is 0 Å². The lowest BCUT2D eigenvalue weighted by atomic mass is 9.91. The molecule has 0 N–H and O–H groups in total. The summed E-state index contributed by atoms with van der Waals surface area (Å²) < 4.78 is 81.1. The number of hydrogen-bond donors (Lipinski definition) is 0. The molecule has 24 heteroatoms. The van der Waals surface area contributed by atoms with E-state index in [4.69, 9.17) is 61.6 Å². The molecule has 0 unspecified atom stereocenters. The number of Topliss-reactive ketones (excluding diaryl/α,β-unsaturated/α-hetero) is 1. The first kappa shape index (κ1) is 66.1. The number of ketones is 1. The van der Waals surface area contributed by atoms with Crippen molar-refractivity contribution >= 4 is 59.5 Å². The zero-order valence-corrected chi connectivity index (χ0v) is 49.1. The molecule has 3 heterocycles. The van der Waals surface area contributed by atoms with E-state index in [9.17, 15) is 47.9 Å². The van der Waals surface area contributed by atoms with E-state index >= 15 is 0 Å². The van der Waals surface area contributed by atoms with E-state index in [-0.39, 0.29) is 41.8 Å². The Labute approximate surface area is 502 Å². The molecule has 0 bridgehead atoms. The van der Waals surface area contributed by atoms with Crippen LogP contribution in [-0.4, -0.2) is 176 Å². The molecule has 3 saturated heterocycles. The highest BCUT2D eigenvalue weighted by molar-refractivity contribution is 5.91. The monoisotopic (exact) mass is 1210 g/mol. The Hall–Kier alpha value is -8.42. The van der Waals surface area contributed by atoms with Crippen LogP contribution in [0.25, 0.3) is 0 Å². The van der Waals surface area contributed by atoms with Crippen molar-refractivity contribution in [1.82, 2.24) is 4.90 Å². The first-order chi connectivity index (χ1) is 41.7. The molecule has 24 nitrogen and oxygen atoms in total. The lowest BCUT2D eigenvalue weighted by molar-refractivity contribution is -0.355. The molecule has 0 amide bonds. The van der Waals surface area contributed by atoms with Crippen LogP contribution in [-0.2, 0) is 90.3 Å². The molecule has 3 fully saturated rings. The minimum atomic E-state index is -2.07. The molecule has 4 aromatic carbocycles. The highest BCUT2D eigenvalue weighted by atomic mass is 16.8. The van der Waals surface area contributed by atoms with Gasteiger partial charge in [-0.15, -0.1) is 0 Å². The van der Waals surface area contributed by atoms with Crippen molar-refractivity contribution in [2.24, 2.45) is 0 Å². The van der Waals surface area contributed by atoms with E-state index in [0.29, 0.717) is 12.8 Å². The van der Waals surface area contributed by atoms with E-state index in [0.717, 1.165) is 27.7 Å². The molecule has 0 spiro atoms. The number of esters is 9. The smallest absolute Gasteiger partial charge is 0.338 e. The van der Waals surface area contributed by atoms with Gasteiger partial charge in [-0.25, -0.2) is 19.2 Å². The van der Waals surface area contributed by atoms with Crippen LogP contribution in [0.2, 0.25) is 0 Å². The van der Waals surface area contributed by atoms with Gasteiger partial charge in [-0.2, -0.15) is 0 Å². The first-order valence-electron chi connectivity index (χ1n) is 28.4. The number of hydrogen-bond acceptors (Lipinski definition) is 24. The quantitative estimate of drug-likeness (QED) is 0.0552. The van der Waals surface area contributed by atoms with E-state index in [1.807, 2.05) is 6.92 Å². The first-order valence-corrected chi connectivity index (χ1v) is 28.4. The summed E-state index contributed by atoms with van der Waals surface area (Å²) in [6.45, 7) is 7.75. The molecule has 14 atom stereocenters. The van der Waals surface area contributed by atoms with Gasteiger partial charge in [-0.05, 0) is 75.3 Å². The van der Waals surface area contributed by atoms with Crippen molar-refractivity contribution in [3.05, 3.63) is 144 Å². The van der Waals surface area contributed by atoms with E-state index in [2.05, 4.69) is 0 Å². The predicted octanol–water partition coefficient (Wildman–Crippen LogP) is 5.88. The Kier molecular flexibility index (Phi) is 24.2. The molecule has 3 aliphatic heterocycles. The van der Waals surface area contributed by atoms with Crippen LogP contribution in [0.3, 0.4) is 0 Å². The molecule has 7 rings (SSSR count). The van der Waals surface area contributed by atoms with Gasteiger partial charge in [0.05, 0.1) is 40.8 Å². The van der Waals surface area contributed by atoms with Gasteiger partial charge in [0.15, 0.2) is 49.2 Å². The Morgan fingerprint density at radius 1 is 0.448 bits per heavy atom. The normalized spacial score (nSPS) is 26.1. The summed E-state index contributed by atoms with van der Waals surface area (Å²) in [7, 11) is 0. The van der Waals surface area contributed by atoms with Crippen molar-refractivity contribution in [3.8, 4) is 0 Å². The maximum atomic E-state index is 14.6. The SMILES string of the molecule is CCCCN1C[C@H](OC(C)=O)[C@@H](O[C@@H]2O[C@H](COC(=O)c3ccccc3)[C@H](OC(=O)c3ccccc3)[C@H](OC(=O)CCC(C)=O)[C@H]2OC(=O)c2ccccc2)[C@H](O[C@@H]2O[C@@H](C)[C@@H](OC(C)=O)[C@@H](OC(C)=O)[C@@H]2OC(C)=O)[C@H]1COC(=O)c1ccccc1. The van der Waals surface area contributed by atoms with Gasteiger partial charge >= 0.3 is 53.7 Å². The van der Waals surface area contributed by atoms with Gasteiger partial charge in [0.2, 0.25) is 0 Å². The summed E-state index contributed by atoms with van der Waals surface area (Å²) in [4.78, 5) is 137. The maximum absolute atomic E-state index is 14.6. The molecule has 0 saturated carbocycles.